The Morgan fingerprint density at radius 1 is 1.30 bits per heavy atom. The molecule has 0 aliphatic carbocycles. The molecule has 0 unspecified atom stereocenters. The second kappa shape index (κ2) is 6.15. The SMILES string of the molecule is N#CCCN(Cc1cccnc1N)c1nc(N)nc2[nH]ncc12. The summed E-state index contributed by atoms with van der Waals surface area (Å²) in [7, 11) is 0. The molecule has 9 heteroatoms. The number of rotatable bonds is 5. The van der Waals surface area contributed by atoms with Crippen molar-refractivity contribution in [1.29, 1.82) is 5.26 Å². The van der Waals surface area contributed by atoms with Crippen LogP contribution < -0.4 is 16.4 Å². The summed E-state index contributed by atoms with van der Waals surface area (Å²) in [6.07, 6.45) is 3.61. The minimum absolute atomic E-state index is 0.137. The summed E-state index contributed by atoms with van der Waals surface area (Å²) in [5, 5.41) is 16.4. The van der Waals surface area contributed by atoms with Crippen molar-refractivity contribution in [3.63, 3.8) is 0 Å². The van der Waals surface area contributed by atoms with Gasteiger partial charge >= 0.3 is 0 Å². The molecule has 3 rings (SSSR count). The van der Waals surface area contributed by atoms with Crippen molar-refractivity contribution >= 4 is 28.6 Å². The maximum absolute atomic E-state index is 8.92. The van der Waals surface area contributed by atoms with Crippen LogP contribution in [0.1, 0.15) is 12.0 Å². The molecule has 0 saturated heterocycles. The molecule has 0 amide bonds. The highest BCUT2D eigenvalue weighted by atomic mass is 15.2. The van der Waals surface area contributed by atoms with Crippen LogP contribution in [-0.2, 0) is 6.54 Å². The molecular formula is C14H15N9. The molecule has 0 saturated carbocycles. The average molecular weight is 309 g/mol. The van der Waals surface area contributed by atoms with Gasteiger partial charge in [0.05, 0.1) is 24.1 Å². The minimum atomic E-state index is 0.137. The van der Waals surface area contributed by atoms with E-state index < -0.39 is 0 Å². The zero-order valence-electron chi connectivity index (χ0n) is 12.3. The lowest BCUT2D eigenvalue weighted by Crippen LogP contribution is -2.26. The van der Waals surface area contributed by atoms with Gasteiger partial charge in [-0.15, -0.1) is 0 Å². The molecule has 0 spiro atoms. The maximum atomic E-state index is 8.92. The molecule has 3 aromatic heterocycles. The number of nitrogens with one attached hydrogen (secondary N) is 1. The van der Waals surface area contributed by atoms with Crippen molar-refractivity contribution in [1.82, 2.24) is 25.1 Å². The fourth-order valence-electron chi connectivity index (χ4n) is 2.31. The number of nitrogens with zero attached hydrogens (tertiary/aromatic N) is 6. The fourth-order valence-corrected chi connectivity index (χ4v) is 2.31. The topological polar surface area (TPSA) is 146 Å². The summed E-state index contributed by atoms with van der Waals surface area (Å²) in [5.74, 6) is 1.19. The summed E-state index contributed by atoms with van der Waals surface area (Å²) in [5.41, 5.74) is 13.1. The zero-order chi connectivity index (χ0) is 16.2. The Bertz CT molecular complexity index is 864. The predicted octanol–water partition coefficient (Wildman–Crippen LogP) is 0.833. The highest BCUT2D eigenvalue weighted by Crippen LogP contribution is 2.25. The Morgan fingerprint density at radius 3 is 2.96 bits per heavy atom. The van der Waals surface area contributed by atoms with Gasteiger partial charge < -0.3 is 16.4 Å². The van der Waals surface area contributed by atoms with Crippen molar-refractivity contribution in [3.8, 4) is 6.07 Å². The number of nitrogen functional groups attached to an aromatic ring is 2. The van der Waals surface area contributed by atoms with Gasteiger partial charge in [0.1, 0.15) is 11.6 Å². The molecule has 3 heterocycles. The Balaban J connectivity index is 2.03. The molecule has 5 N–H and O–H groups in total. The van der Waals surface area contributed by atoms with Crippen LogP contribution in [0, 0.1) is 11.3 Å². The van der Waals surface area contributed by atoms with Crippen molar-refractivity contribution < 1.29 is 0 Å². The highest BCUT2D eigenvalue weighted by Gasteiger charge is 2.16. The van der Waals surface area contributed by atoms with E-state index in [1.54, 1.807) is 12.4 Å². The van der Waals surface area contributed by atoms with Crippen molar-refractivity contribution in [2.75, 3.05) is 22.9 Å². The number of H-pyrrole nitrogens is 1. The number of anilines is 3. The van der Waals surface area contributed by atoms with Gasteiger partial charge in [0.2, 0.25) is 5.95 Å². The number of nitriles is 1. The minimum Gasteiger partial charge on any atom is -0.383 e. The lowest BCUT2D eigenvalue weighted by Gasteiger charge is -2.23. The van der Waals surface area contributed by atoms with E-state index in [0.29, 0.717) is 36.8 Å². The third-order valence-corrected chi connectivity index (χ3v) is 3.39. The van der Waals surface area contributed by atoms with Crippen molar-refractivity contribution in [3.05, 3.63) is 30.1 Å². The Hall–Kier alpha value is -3.41. The molecule has 116 valence electrons. The van der Waals surface area contributed by atoms with Crippen LogP contribution in [-0.4, -0.2) is 31.7 Å². The van der Waals surface area contributed by atoms with E-state index in [9.17, 15) is 0 Å². The van der Waals surface area contributed by atoms with Gasteiger partial charge in [0.15, 0.2) is 5.65 Å². The van der Waals surface area contributed by atoms with Crippen LogP contribution >= 0.6 is 0 Å². The summed E-state index contributed by atoms with van der Waals surface area (Å²) in [4.78, 5) is 14.4. The number of fused-ring (bicyclic) bond motifs is 1. The number of hydrogen-bond acceptors (Lipinski definition) is 8. The van der Waals surface area contributed by atoms with Gasteiger partial charge in [-0.1, -0.05) is 6.07 Å². The second-order valence-corrected chi connectivity index (χ2v) is 4.92. The molecule has 0 radical (unpaired) electrons. The standard InChI is InChI=1S/C14H15N9/c15-4-2-6-23(8-9-3-1-5-18-11(9)16)13-10-7-19-22-12(10)20-14(17)21-13/h1,3,5,7H,2,6,8H2,(H2,16,18)(H3,17,19,20,21,22). The lowest BCUT2D eigenvalue weighted by molar-refractivity contribution is 0.785. The number of hydrogen-bond donors (Lipinski definition) is 3. The fraction of sp³-hybridized carbons (Fsp3) is 0.214. The van der Waals surface area contributed by atoms with Gasteiger partial charge in [-0.2, -0.15) is 20.3 Å². The molecule has 0 atom stereocenters. The normalized spacial score (nSPS) is 10.6. The van der Waals surface area contributed by atoms with E-state index in [1.807, 2.05) is 17.0 Å². The van der Waals surface area contributed by atoms with Crippen LogP contribution in [0.25, 0.3) is 11.0 Å². The smallest absolute Gasteiger partial charge is 0.224 e. The molecule has 0 bridgehead atoms. The summed E-state index contributed by atoms with van der Waals surface area (Å²) in [6, 6.07) is 5.84. The summed E-state index contributed by atoms with van der Waals surface area (Å²) >= 11 is 0. The predicted molar refractivity (Wildman–Crippen MR) is 86.0 cm³/mol. The number of aromatic nitrogens is 5. The molecule has 9 nitrogen and oxygen atoms in total. The van der Waals surface area contributed by atoms with Crippen LogP contribution in [0.3, 0.4) is 0 Å². The maximum Gasteiger partial charge on any atom is 0.224 e. The van der Waals surface area contributed by atoms with E-state index in [2.05, 4.69) is 31.2 Å². The summed E-state index contributed by atoms with van der Waals surface area (Å²) in [6.45, 7) is 0.930. The van der Waals surface area contributed by atoms with Crippen LogP contribution in [0.5, 0.6) is 0 Å². The molecule has 3 aromatic rings. The van der Waals surface area contributed by atoms with E-state index in [-0.39, 0.29) is 5.95 Å². The van der Waals surface area contributed by atoms with Crippen molar-refractivity contribution in [2.45, 2.75) is 13.0 Å². The van der Waals surface area contributed by atoms with Gasteiger partial charge in [-0.3, -0.25) is 5.10 Å². The third kappa shape index (κ3) is 2.96. The second-order valence-electron chi connectivity index (χ2n) is 4.92. The number of nitrogens with two attached hydrogens (primary N) is 2. The lowest BCUT2D eigenvalue weighted by atomic mass is 10.2. The molecular weight excluding hydrogens is 294 g/mol. The number of aromatic amines is 1. The Kier molecular flexibility index (Phi) is 3.88. The highest BCUT2D eigenvalue weighted by molar-refractivity contribution is 5.87. The van der Waals surface area contributed by atoms with Gasteiger partial charge in [0.25, 0.3) is 0 Å². The monoisotopic (exact) mass is 309 g/mol. The van der Waals surface area contributed by atoms with Crippen molar-refractivity contribution in [2.24, 2.45) is 0 Å². The van der Waals surface area contributed by atoms with Crippen LogP contribution in [0.2, 0.25) is 0 Å². The zero-order valence-corrected chi connectivity index (χ0v) is 12.3. The third-order valence-electron chi connectivity index (χ3n) is 3.39. The first-order valence-electron chi connectivity index (χ1n) is 6.97. The molecule has 0 aliphatic rings. The molecule has 23 heavy (non-hydrogen) atoms. The average Bonchev–Trinajstić information content (AvgIpc) is 3.00. The number of pyridine rings is 1. The van der Waals surface area contributed by atoms with E-state index in [4.69, 9.17) is 16.7 Å². The Morgan fingerprint density at radius 2 is 2.17 bits per heavy atom. The first-order valence-corrected chi connectivity index (χ1v) is 6.97. The van der Waals surface area contributed by atoms with E-state index in [0.717, 1.165) is 10.9 Å². The van der Waals surface area contributed by atoms with Gasteiger partial charge in [-0.05, 0) is 6.07 Å². The van der Waals surface area contributed by atoms with E-state index >= 15 is 0 Å². The van der Waals surface area contributed by atoms with Gasteiger partial charge in [-0.25, -0.2) is 4.98 Å². The van der Waals surface area contributed by atoms with Crippen LogP contribution in [0.4, 0.5) is 17.6 Å². The molecule has 0 aromatic carbocycles. The first-order chi connectivity index (χ1) is 11.2. The quantitative estimate of drug-likeness (QED) is 0.628. The first kappa shape index (κ1) is 14.5. The molecule has 0 fully saturated rings. The van der Waals surface area contributed by atoms with Crippen LogP contribution in [0.15, 0.2) is 24.5 Å². The van der Waals surface area contributed by atoms with E-state index in [1.165, 1.54) is 0 Å². The summed E-state index contributed by atoms with van der Waals surface area (Å²) < 4.78 is 0. The van der Waals surface area contributed by atoms with Gasteiger partial charge in [0, 0.05) is 24.8 Å². The largest absolute Gasteiger partial charge is 0.383 e. The Labute approximate surface area is 132 Å². The molecule has 0 aliphatic heterocycles.